The number of hydrogen-bond acceptors (Lipinski definition) is 4. The zero-order chi connectivity index (χ0) is 18.7. The largest absolute Gasteiger partial charge is 0.481 e. The molecule has 0 aromatic heterocycles. The lowest BCUT2D eigenvalue weighted by Crippen LogP contribution is -2.50. The fourth-order valence-electron chi connectivity index (χ4n) is 2.32. The van der Waals surface area contributed by atoms with Crippen LogP contribution in [-0.2, 0) is 14.4 Å². The molecule has 1 atom stereocenters. The van der Waals surface area contributed by atoms with Gasteiger partial charge in [-0.15, -0.1) is 0 Å². The zero-order valence-electron chi connectivity index (χ0n) is 15.7. The molecule has 0 rings (SSSR count). The van der Waals surface area contributed by atoms with Gasteiger partial charge in [0, 0.05) is 33.6 Å². The van der Waals surface area contributed by atoms with E-state index in [1.807, 2.05) is 19.0 Å². The van der Waals surface area contributed by atoms with Crippen molar-refractivity contribution in [2.45, 2.75) is 51.5 Å². The van der Waals surface area contributed by atoms with Gasteiger partial charge in [-0.1, -0.05) is 26.2 Å². The molecule has 1 N–H and O–H groups in total. The van der Waals surface area contributed by atoms with Crippen molar-refractivity contribution in [2.75, 3.05) is 41.3 Å². The summed E-state index contributed by atoms with van der Waals surface area (Å²) < 4.78 is 0. The summed E-state index contributed by atoms with van der Waals surface area (Å²) in [6.45, 7) is 3.26. The molecule has 0 bridgehead atoms. The van der Waals surface area contributed by atoms with Crippen LogP contribution in [0, 0.1) is 0 Å². The van der Waals surface area contributed by atoms with Crippen LogP contribution in [-0.4, -0.2) is 84.9 Å². The molecule has 0 radical (unpaired) electrons. The monoisotopic (exact) mass is 343 g/mol. The molecule has 0 heterocycles. The van der Waals surface area contributed by atoms with E-state index in [4.69, 9.17) is 5.11 Å². The highest BCUT2D eigenvalue weighted by Crippen LogP contribution is 2.11. The van der Waals surface area contributed by atoms with Crippen LogP contribution in [0.25, 0.3) is 0 Å². The van der Waals surface area contributed by atoms with Crippen molar-refractivity contribution in [1.29, 1.82) is 0 Å². The summed E-state index contributed by atoms with van der Waals surface area (Å²) in [6, 6.07) is -0.951. The quantitative estimate of drug-likeness (QED) is 0.540. The Bertz CT molecular complexity index is 413. The van der Waals surface area contributed by atoms with Crippen LogP contribution in [0.1, 0.15) is 45.4 Å². The van der Waals surface area contributed by atoms with Crippen LogP contribution in [0.15, 0.2) is 0 Å². The van der Waals surface area contributed by atoms with Crippen molar-refractivity contribution in [3.05, 3.63) is 0 Å². The van der Waals surface area contributed by atoms with Crippen LogP contribution in [0.5, 0.6) is 0 Å². The molecule has 7 nitrogen and oxygen atoms in total. The minimum atomic E-state index is -1.08. The molecule has 0 saturated heterocycles. The van der Waals surface area contributed by atoms with E-state index < -0.39 is 12.0 Å². The highest BCUT2D eigenvalue weighted by atomic mass is 16.4. The SMILES string of the molecule is CCCCCCC(=O)N(C)C(CC(=O)O)C(=O)N(C)CCN(C)C. The molecule has 0 aliphatic heterocycles. The molecule has 1 unspecified atom stereocenters. The van der Waals surface area contributed by atoms with Crippen molar-refractivity contribution < 1.29 is 19.5 Å². The van der Waals surface area contributed by atoms with Crippen LogP contribution < -0.4 is 0 Å². The number of nitrogens with zero attached hydrogens (tertiary/aromatic N) is 3. The smallest absolute Gasteiger partial charge is 0.305 e. The molecule has 140 valence electrons. The number of unbranched alkanes of at least 4 members (excludes halogenated alkanes) is 3. The Morgan fingerprint density at radius 3 is 2.08 bits per heavy atom. The number of likely N-dealkylation sites (N-methyl/N-ethyl adjacent to an activating group) is 3. The molecule has 0 aromatic carbocycles. The van der Waals surface area contributed by atoms with Gasteiger partial charge < -0.3 is 19.8 Å². The first-order chi connectivity index (χ1) is 11.2. The maximum atomic E-state index is 12.6. The second kappa shape index (κ2) is 11.8. The Hall–Kier alpha value is -1.63. The fourth-order valence-corrected chi connectivity index (χ4v) is 2.32. The number of hydrogen-bond donors (Lipinski definition) is 1. The Balaban J connectivity index is 4.80. The van der Waals surface area contributed by atoms with Crippen LogP contribution >= 0.6 is 0 Å². The average molecular weight is 343 g/mol. The number of amides is 2. The van der Waals surface area contributed by atoms with Gasteiger partial charge in [-0.3, -0.25) is 14.4 Å². The maximum Gasteiger partial charge on any atom is 0.305 e. The van der Waals surface area contributed by atoms with Crippen molar-refractivity contribution >= 4 is 17.8 Å². The molecule has 0 aliphatic carbocycles. The first kappa shape index (κ1) is 22.4. The lowest BCUT2D eigenvalue weighted by atomic mass is 10.1. The number of carboxylic acids is 1. The minimum Gasteiger partial charge on any atom is -0.481 e. The van der Waals surface area contributed by atoms with Gasteiger partial charge in [-0.25, -0.2) is 0 Å². The summed E-state index contributed by atoms with van der Waals surface area (Å²) in [4.78, 5) is 40.7. The maximum absolute atomic E-state index is 12.6. The summed E-state index contributed by atoms with van der Waals surface area (Å²) in [6.07, 6.45) is 3.87. The van der Waals surface area contributed by atoms with Crippen LogP contribution in [0.3, 0.4) is 0 Å². The second-order valence-electron chi connectivity index (χ2n) is 6.49. The molecule has 2 amide bonds. The summed E-state index contributed by atoms with van der Waals surface area (Å²) >= 11 is 0. The highest BCUT2D eigenvalue weighted by Gasteiger charge is 2.31. The van der Waals surface area contributed by atoms with E-state index in [1.165, 1.54) is 16.8 Å². The van der Waals surface area contributed by atoms with Gasteiger partial charge in [0.2, 0.25) is 11.8 Å². The predicted octanol–water partition coefficient (Wildman–Crippen LogP) is 1.28. The molecular formula is C17H33N3O4. The third-order valence-electron chi connectivity index (χ3n) is 4.02. The van der Waals surface area contributed by atoms with Gasteiger partial charge in [0.1, 0.15) is 6.04 Å². The van der Waals surface area contributed by atoms with E-state index in [0.717, 1.165) is 25.7 Å². The normalized spacial score (nSPS) is 12.1. The van der Waals surface area contributed by atoms with E-state index in [9.17, 15) is 14.4 Å². The van der Waals surface area contributed by atoms with Crippen LogP contribution in [0.4, 0.5) is 0 Å². The summed E-state index contributed by atoms with van der Waals surface area (Å²) in [7, 11) is 6.96. The van der Waals surface area contributed by atoms with E-state index in [-0.39, 0.29) is 18.2 Å². The Kier molecular flexibility index (Phi) is 11.0. The Morgan fingerprint density at radius 1 is 0.958 bits per heavy atom. The summed E-state index contributed by atoms with van der Waals surface area (Å²) in [5.41, 5.74) is 0. The van der Waals surface area contributed by atoms with Crippen molar-refractivity contribution in [3.63, 3.8) is 0 Å². The van der Waals surface area contributed by atoms with Gasteiger partial charge >= 0.3 is 5.97 Å². The lowest BCUT2D eigenvalue weighted by Gasteiger charge is -2.30. The van der Waals surface area contributed by atoms with E-state index in [1.54, 1.807) is 7.05 Å². The first-order valence-electron chi connectivity index (χ1n) is 8.57. The number of rotatable bonds is 12. The molecule has 0 saturated carbocycles. The third kappa shape index (κ3) is 8.86. The zero-order valence-corrected chi connectivity index (χ0v) is 15.7. The van der Waals surface area contributed by atoms with Crippen molar-refractivity contribution in [3.8, 4) is 0 Å². The van der Waals surface area contributed by atoms with E-state index in [0.29, 0.717) is 19.5 Å². The van der Waals surface area contributed by atoms with E-state index in [2.05, 4.69) is 6.92 Å². The number of aliphatic carboxylic acids is 1. The Labute approximate surface area is 145 Å². The highest BCUT2D eigenvalue weighted by molar-refractivity contribution is 5.90. The van der Waals surface area contributed by atoms with Crippen molar-refractivity contribution in [2.24, 2.45) is 0 Å². The molecule has 0 aliphatic rings. The molecule has 0 fully saturated rings. The average Bonchev–Trinajstić information content (AvgIpc) is 2.52. The molecule has 7 heteroatoms. The Morgan fingerprint density at radius 2 is 1.58 bits per heavy atom. The standard InChI is InChI=1S/C17H33N3O4/c1-6-7-8-9-10-15(21)20(5)14(13-16(22)23)17(24)19(4)12-11-18(2)3/h14H,6-13H2,1-5H3,(H,22,23). The topological polar surface area (TPSA) is 81.2 Å². The molecule has 0 aromatic rings. The van der Waals surface area contributed by atoms with Gasteiger partial charge in [-0.2, -0.15) is 0 Å². The third-order valence-corrected chi connectivity index (χ3v) is 4.02. The lowest BCUT2D eigenvalue weighted by molar-refractivity contribution is -0.149. The number of carboxylic acid groups (broad SMARTS) is 1. The second-order valence-corrected chi connectivity index (χ2v) is 6.49. The molecule has 0 spiro atoms. The van der Waals surface area contributed by atoms with Gasteiger partial charge in [0.25, 0.3) is 0 Å². The van der Waals surface area contributed by atoms with Crippen LogP contribution in [0.2, 0.25) is 0 Å². The van der Waals surface area contributed by atoms with Gasteiger partial charge in [0.15, 0.2) is 0 Å². The first-order valence-corrected chi connectivity index (χ1v) is 8.57. The summed E-state index contributed by atoms with van der Waals surface area (Å²) in [5, 5.41) is 9.09. The minimum absolute atomic E-state index is 0.174. The molecule has 24 heavy (non-hydrogen) atoms. The van der Waals surface area contributed by atoms with Crippen molar-refractivity contribution in [1.82, 2.24) is 14.7 Å². The molecular weight excluding hydrogens is 310 g/mol. The summed E-state index contributed by atoms with van der Waals surface area (Å²) in [5.74, 6) is -1.59. The number of carbonyl (C=O) groups is 3. The number of carbonyl (C=O) groups excluding carboxylic acids is 2. The van der Waals surface area contributed by atoms with E-state index >= 15 is 0 Å². The predicted molar refractivity (Wildman–Crippen MR) is 93.8 cm³/mol. The fraction of sp³-hybridized carbons (Fsp3) is 0.824. The van der Waals surface area contributed by atoms with Gasteiger partial charge in [-0.05, 0) is 20.5 Å². The van der Waals surface area contributed by atoms with Gasteiger partial charge in [0.05, 0.1) is 6.42 Å².